The van der Waals surface area contributed by atoms with Gasteiger partial charge in [-0.1, -0.05) is 0 Å². The molecule has 2 rings (SSSR count). The number of rotatable bonds is 2. The molecule has 0 spiro atoms. The molecule has 1 aliphatic heterocycles. The standard InChI is InChI=1S/C14H22N4O3/c1-14(2,3)21-13(20)17-9-7-16(8-10-17)11-18-12(19)5-4-6-15-18/h4-6H,7-11H2,1-3H3. The summed E-state index contributed by atoms with van der Waals surface area (Å²) < 4.78 is 6.77. The van der Waals surface area contributed by atoms with Crippen molar-refractivity contribution in [1.29, 1.82) is 0 Å². The minimum atomic E-state index is -0.477. The Labute approximate surface area is 124 Å². The van der Waals surface area contributed by atoms with Gasteiger partial charge >= 0.3 is 6.09 Å². The molecule has 7 nitrogen and oxygen atoms in total. The molecule has 0 radical (unpaired) electrons. The van der Waals surface area contributed by atoms with Crippen molar-refractivity contribution >= 4 is 6.09 Å². The highest BCUT2D eigenvalue weighted by molar-refractivity contribution is 5.68. The van der Waals surface area contributed by atoms with Crippen molar-refractivity contribution in [2.24, 2.45) is 0 Å². The molecule has 0 aromatic carbocycles. The Morgan fingerprint density at radius 2 is 1.95 bits per heavy atom. The minimum Gasteiger partial charge on any atom is -0.444 e. The van der Waals surface area contributed by atoms with Crippen LogP contribution in [0.25, 0.3) is 0 Å². The fourth-order valence-electron chi connectivity index (χ4n) is 2.08. The number of carbonyl (C=O) groups excluding carboxylic acids is 1. The molecule has 116 valence electrons. The first-order valence-electron chi connectivity index (χ1n) is 7.07. The van der Waals surface area contributed by atoms with Crippen molar-refractivity contribution in [3.05, 3.63) is 28.7 Å². The van der Waals surface area contributed by atoms with Gasteiger partial charge in [-0.2, -0.15) is 5.10 Å². The third-order valence-corrected chi connectivity index (χ3v) is 3.14. The smallest absolute Gasteiger partial charge is 0.410 e. The molecule has 0 bridgehead atoms. The van der Waals surface area contributed by atoms with Gasteiger partial charge in [-0.3, -0.25) is 9.69 Å². The van der Waals surface area contributed by atoms with Crippen molar-refractivity contribution in [3.63, 3.8) is 0 Å². The molecule has 1 aromatic rings. The molecular weight excluding hydrogens is 272 g/mol. The van der Waals surface area contributed by atoms with Crippen molar-refractivity contribution in [3.8, 4) is 0 Å². The normalized spacial score (nSPS) is 16.8. The van der Waals surface area contributed by atoms with Crippen LogP contribution in [0.1, 0.15) is 20.8 Å². The Bertz CT molecular complexity index is 542. The van der Waals surface area contributed by atoms with Crippen LogP contribution in [-0.2, 0) is 11.4 Å². The summed E-state index contributed by atoms with van der Waals surface area (Å²) in [5, 5.41) is 4.03. The highest BCUT2D eigenvalue weighted by Gasteiger charge is 2.25. The first-order valence-corrected chi connectivity index (χ1v) is 7.07. The van der Waals surface area contributed by atoms with Gasteiger partial charge in [-0.05, 0) is 26.8 Å². The fourth-order valence-corrected chi connectivity index (χ4v) is 2.08. The fraction of sp³-hybridized carbons (Fsp3) is 0.643. The third-order valence-electron chi connectivity index (χ3n) is 3.14. The molecule has 1 amide bonds. The van der Waals surface area contributed by atoms with E-state index in [0.29, 0.717) is 32.8 Å². The number of piperazine rings is 1. The zero-order valence-corrected chi connectivity index (χ0v) is 12.8. The molecule has 0 N–H and O–H groups in total. The predicted molar refractivity (Wildman–Crippen MR) is 77.9 cm³/mol. The second kappa shape index (κ2) is 6.26. The van der Waals surface area contributed by atoms with Crippen LogP contribution in [0.15, 0.2) is 23.1 Å². The van der Waals surface area contributed by atoms with Gasteiger partial charge < -0.3 is 9.64 Å². The Hall–Kier alpha value is -1.89. The highest BCUT2D eigenvalue weighted by atomic mass is 16.6. The van der Waals surface area contributed by atoms with Gasteiger partial charge in [0, 0.05) is 38.4 Å². The summed E-state index contributed by atoms with van der Waals surface area (Å²) in [6.45, 7) is 8.59. The lowest BCUT2D eigenvalue weighted by atomic mass is 10.2. The Balaban J connectivity index is 1.85. The van der Waals surface area contributed by atoms with Gasteiger partial charge in [0.2, 0.25) is 0 Å². The van der Waals surface area contributed by atoms with Gasteiger partial charge in [0.15, 0.2) is 0 Å². The Morgan fingerprint density at radius 3 is 2.52 bits per heavy atom. The van der Waals surface area contributed by atoms with E-state index in [1.165, 1.54) is 10.7 Å². The molecule has 1 aliphatic rings. The number of hydrogen-bond acceptors (Lipinski definition) is 5. The lowest BCUT2D eigenvalue weighted by Gasteiger charge is -2.35. The van der Waals surface area contributed by atoms with E-state index in [-0.39, 0.29) is 11.7 Å². The second-order valence-corrected chi connectivity index (χ2v) is 6.09. The summed E-state index contributed by atoms with van der Waals surface area (Å²) in [6, 6.07) is 3.11. The van der Waals surface area contributed by atoms with E-state index in [0.717, 1.165) is 0 Å². The van der Waals surface area contributed by atoms with E-state index in [4.69, 9.17) is 4.74 Å². The first kappa shape index (κ1) is 15.5. The van der Waals surface area contributed by atoms with Crippen molar-refractivity contribution in [2.45, 2.75) is 33.0 Å². The minimum absolute atomic E-state index is 0.118. The second-order valence-electron chi connectivity index (χ2n) is 6.09. The van der Waals surface area contributed by atoms with E-state index >= 15 is 0 Å². The van der Waals surface area contributed by atoms with Crippen LogP contribution in [0.5, 0.6) is 0 Å². The van der Waals surface area contributed by atoms with E-state index in [1.807, 2.05) is 20.8 Å². The topological polar surface area (TPSA) is 67.7 Å². The lowest BCUT2D eigenvalue weighted by Crippen LogP contribution is -2.50. The van der Waals surface area contributed by atoms with Gasteiger partial charge in [-0.25, -0.2) is 9.48 Å². The van der Waals surface area contributed by atoms with E-state index < -0.39 is 5.60 Å². The van der Waals surface area contributed by atoms with Crippen LogP contribution in [0.3, 0.4) is 0 Å². The molecule has 0 aliphatic carbocycles. The average Bonchev–Trinajstić information content (AvgIpc) is 2.40. The number of ether oxygens (including phenoxy) is 1. The van der Waals surface area contributed by atoms with E-state index in [1.54, 1.807) is 17.2 Å². The van der Waals surface area contributed by atoms with E-state index in [2.05, 4.69) is 10.00 Å². The number of amides is 1. The average molecular weight is 294 g/mol. The molecular formula is C14H22N4O3. The maximum atomic E-state index is 12.0. The zero-order valence-electron chi connectivity index (χ0n) is 12.8. The maximum Gasteiger partial charge on any atom is 0.410 e. The van der Waals surface area contributed by atoms with Gasteiger partial charge in [0.05, 0.1) is 6.67 Å². The van der Waals surface area contributed by atoms with Crippen LogP contribution in [0.4, 0.5) is 4.79 Å². The molecule has 1 fully saturated rings. The largest absolute Gasteiger partial charge is 0.444 e. The number of hydrogen-bond donors (Lipinski definition) is 0. The third kappa shape index (κ3) is 4.56. The summed E-state index contributed by atoms with van der Waals surface area (Å²) in [6.07, 6.45) is 1.32. The zero-order chi connectivity index (χ0) is 15.5. The van der Waals surface area contributed by atoms with Crippen molar-refractivity contribution < 1.29 is 9.53 Å². The van der Waals surface area contributed by atoms with Crippen LogP contribution in [0.2, 0.25) is 0 Å². The predicted octanol–water partition coefficient (Wildman–Crippen LogP) is 0.754. The van der Waals surface area contributed by atoms with Crippen LogP contribution < -0.4 is 5.56 Å². The Morgan fingerprint density at radius 1 is 1.29 bits per heavy atom. The van der Waals surface area contributed by atoms with Gasteiger partial charge in [0.1, 0.15) is 5.60 Å². The van der Waals surface area contributed by atoms with E-state index in [9.17, 15) is 9.59 Å². The van der Waals surface area contributed by atoms with Crippen molar-refractivity contribution in [1.82, 2.24) is 19.6 Å². The Kier molecular flexibility index (Phi) is 4.62. The molecule has 7 heteroatoms. The molecule has 0 unspecified atom stereocenters. The monoisotopic (exact) mass is 294 g/mol. The molecule has 1 saturated heterocycles. The van der Waals surface area contributed by atoms with Gasteiger partial charge in [-0.15, -0.1) is 0 Å². The summed E-state index contributed by atoms with van der Waals surface area (Å²) in [7, 11) is 0. The summed E-state index contributed by atoms with van der Waals surface area (Å²) in [4.78, 5) is 27.4. The first-order chi connectivity index (χ1) is 9.85. The molecule has 1 aromatic heterocycles. The summed E-state index contributed by atoms with van der Waals surface area (Å²) in [5.74, 6) is 0. The SMILES string of the molecule is CC(C)(C)OC(=O)N1CCN(Cn2ncccc2=O)CC1. The number of carbonyl (C=O) groups is 1. The highest BCUT2D eigenvalue weighted by Crippen LogP contribution is 2.11. The molecule has 0 atom stereocenters. The van der Waals surface area contributed by atoms with Crippen molar-refractivity contribution in [2.75, 3.05) is 26.2 Å². The molecule has 0 saturated carbocycles. The number of aromatic nitrogens is 2. The van der Waals surface area contributed by atoms with Crippen LogP contribution >= 0.6 is 0 Å². The van der Waals surface area contributed by atoms with Crippen LogP contribution in [0, 0.1) is 0 Å². The summed E-state index contributed by atoms with van der Waals surface area (Å²) in [5.41, 5.74) is -0.595. The quantitative estimate of drug-likeness (QED) is 0.805. The number of nitrogens with zero attached hydrogens (tertiary/aromatic N) is 4. The summed E-state index contributed by atoms with van der Waals surface area (Å²) >= 11 is 0. The van der Waals surface area contributed by atoms with Gasteiger partial charge in [0.25, 0.3) is 5.56 Å². The maximum absolute atomic E-state index is 12.0. The lowest BCUT2D eigenvalue weighted by molar-refractivity contribution is 0.0112. The van der Waals surface area contributed by atoms with Crippen LogP contribution in [-0.4, -0.2) is 57.5 Å². The molecule has 2 heterocycles. The molecule has 21 heavy (non-hydrogen) atoms.